The summed E-state index contributed by atoms with van der Waals surface area (Å²) in [5, 5.41) is 20.6. The average Bonchev–Trinajstić information content (AvgIpc) is 3.07. The van der Waals surface area contributed by atoms with Gasteiger partial charge in [-0.05, 0) is 37.3 Å². The molecule has 0 radical (unpaired) electrons. The van der Waals surface area contributed by atoms with Gasteiger partial charge in [0.1, 0.15) is 0 Å². The first kappa shape index (κ1) is 18.4. The van der Waals surface area contributed by atoms with Crippen LogP contribution >= 0.6 is 27.3 Å². The Morgan fingerprint density at radius 3 is 2.65 bits per heavy atom. The number of halogens is 1. The number of azo groups is 1. The van der Waals surface area contributed by atoms with Crippen LogP contribution in [0.2, 0.25) is 0 Å². The van der Waals surface area contributed by atoms with Crippen LogP contribution in [0.25, 0.3) is 10.2 Å². The summed E-state index contributed by atoms with van der Waals surface area (Å²) >= 11 is 4.74. The van der Waals surface area contributed by atoms with Gasteiger partial charge in [0.25, 0.3) is 5.69 Å². The number of non-ortho nitro benzene ring substituents is 1. The second kappa shape index (κ2) is 8.33. The predicted octanol–water partition coefficient (Wildman–Crippen LogP) is 5.84. The molecule has 0 spiro atoms. The minimum Gasteiger partial charge on any atom is -0.371 e. The number of nitro benzene ring substituents is 1. The van der Waals surface area contributed by atoms with Gasteiger partial charge in [0, 0.05) is 36.2 Å². The molecule has 0 fully saturated rings. The number of nitrogens with zero attached hydrogens (tertiary/aromatic N) is 5. The molecule has 9 heteroatoms. The summed E-state index contributed by atoms with van der Waals surface area (Å²) in [6, 6.07) is 12.4. The lowest BCUT2D eigenvalue weighted by molar-refractivity contribution is -0.384. The summed E-state index contributed by atoms with van der Waals surface area (Å²) in [7, 11) is 0. The number of fused-ring (bicyclic) bond motifs is 1. The summed E-state index contributed by atoms with van der Waals surface area (Å²) in [6.45, 7) is 3.99. The van der Waals surface area contributed by atoms with Crippen LogP contribution < -0.4 is 4.90 Å². The maximum atomic E-state index is 10.8. The van der Waals surface area contributed by atoms with E-state index >= 15 is 0 Å². The molecule has 0 aliphatic rings. The van der Waals surface area contributed by atoms with Crippen molar-refractivity contribution in [2.45, 2.75) is 6.92 Å². The fourth-order valence-electron chi connectivity index (χ4n) is 2.46. The van der Waals surface area contributed by atoms with Crippen molar-refractivity contribution < 1.29 is 4.92 Å². The van der Waals surface area contributed by atoms with Gasteiger partial charge in [0.15, 0.2) is 0 Å². The monoisotopic (exact) mass is 433 g/mol. The van der Waals surface area contributed by atoms with Crippen molar-refractivity contribution in [1.29, 1.82) is 0 Å². The quantitative estimate of drug-likeness (QED) is 0.202. The molecule has 7 nitrogen and oxygen atoms in total. The number of hydrogen-bond acceptors (Lipinski definition) is 7. The van der Waals surface area contributed by atoms with Crippen molar-refractivity contribution >= 4 is 59.7 Å². The molecule has 0 atom stereocenters. The van der Waals surface area contributed by atoms with Crippen LogP contribution in [0.15, 0.2) is 52.7 Å². The van der Waals surface area contributed by atoms with E-state index in [0.29, 0.717) is 10.6 Å². The summed E-state index contributed by atoms with van der Waals surface area (Å²) < 4.78 is 0.719. The maximum Gasteiger partial charge on any atom is 0.270 e. The van der Waals surface area contributed by atoms with Crippen molar-refractivity contribution in [1.82, 2.24) is 4.98 Å². The number of nitro groups is 1. The SMILES string of the molecule is CCN(CCBr)c1ccc(N=Nc2nc3ccc([N+](=O)[O-])cc3s2)cc1. The van der Waals surface area contributed by atoms with E-state index in [2.05, 4.69) is 43.0 Å². The van der Waals surface area contributed by atoms with Crippen molar-refractivity contribution in [3.63, 3.8) is 0 Å². The van der Waals surface area contributed by atoms with Gasteiger partial charge in [-0.15, -0.1) is 10.2 Å². The van der Waals surface area contributed by atoms with Crippen molar-refractivity contribution in [2.24, 2.45) is 10.2 Å². The predicted molar refractivity (Wildman–Crippen MR) is 109 cm³/mol. The highest BCUT2D eigenvalue weighted by Crippen LogP contribution is 2.32. The van der Waals surface area contributed by atoms with Crippen LogP contribution in [0.3, 0.4) is 0 Å². The highest BCUT2D eigenvalue weighted by Gasteiger charge is 2.10. The molecule has 3 rings (SSSR count). The van der Waals surface area contributed by atoms with E-state index in [1.165, 1.54) is 23.5 Å². The summed E-state index contributed by atoms with van der Waals surface area (Å²) in [4.78, 5) is 17.0. The number of benzene rings is 2. The van der Waals surface area contributed by atoms with E-state index in [-0.39, 0.29) is 5.69 Å². The molecule has 26 heavy (non-hydrogen) atoms. The van der Waals surface area contributed by atoms with Gasteiger partial charge in [-0.2, -0.15) is 0 Å². The molecule has 0 amide bonds. The van der Waals surface area contributed by atoms with Crippen LogP contribution in [0.1, 0.15) is 6.92 Å². The molecular weight excluding hydrogens is 418 g/mol. The molecule has 3 aromatic rings. The Balaban J connectivity index is 1.77. The maximum absolute atomic E-state index is 10.8. The van der Waals surface area contributed by atoms with Gasteiger partial charge in [-0.25, -0.2) is 4.98 Å². The topological polar surface area (TPSA) is 84.0 Å². The number of anilines is 1. The molecule has 0 aliphatic carbocycles. The molecule has 0 bridgehead atoms. The second-order valence-corrected chi connectivity index (χ2v) is 7.19. The van der Waals surface area contributed by atoms with Crippen molar-refractivity contribution in [2.75, 3.05) is 23.3 Å². The molecule has 0 unspecified atom stereocenters. The Morgan fingerprint density at radius 2 is 2.00 bits per heavy atom. The molecule has 0 N–H and O–H groups in total. The van der Waals surface area contributed by atoms with E-state index in [0.717, 1.165) is 34.5 Å². The zero-order valence-corrected chi connectivity index (χ0v) is 16.4. The number of rotatable bonds is 7. The second-order valence-electron chi connectivity index (χ2n) is 5.39. The largest absolute Gasteiger partial charge is 0.371 e. The Bertz CT molecular complexity index is 942. The third kappa shape index (κ3) is 4.23. The molecule has 1 aromatic heterocycles. The lowest BCUT2D eigenvalue weighted by Crippen LogP contribution is -2.24. The van der Waals surface area contributed by atoms with Crippen LogP contribution in [0, 0.1) is 10.1 Å². The van der Waals surface area contributed by atoms with Gasteiger partial charge in [-0.3, -0.25) is 10.1 Å². The molecule has 0 saturated carbocycles. The summed E-state index contributed by atoms with van der Waals surface area (Å²) in [6.07, 6.45) is 0. The van der Waals surface area contributed by atoms with Crippen LogP contribution in [0.5, 0.6) is 0 Å². The third-order valence-corrected chi connectivity index (χ3v) is 5.03. The number of thiazole rings is 1. The lowest BCUT2D eigenvalue weighted by atomic mass is 10.2. The Hall–Kier alpha value is -2.39. The first-order chi connectivity index (χ1) is 12.6. The average molecular weight is 434 g/mol. The first-order valence-electron chi connectivity index (χ1n) is 7.98. The molecule has 0 saturated heterocycles. The fraction of sp³-hybridized carbons (Fsp3) is 0.235. The molecule has 0 aliphatic heterocycles. The van der Waals surface area contributed by atoms with E-state index in [9.17, 15) is 10.1 Å². The van der Waals surface area contributed by atoms with Crippen molar-refractivity contribution in [3.8, 4) is 0 Å². The van der Waals surface area contributed by atoms with E-state index in [1.54, 1.807) is 6.07 Å². The van der Waals surface area contributed by atoms with Crippen LogP contribution in [-0.2, 0) is 0 Å². The standard InChI is InChI=1S/C17H16BrN5O2S/c1-2-22(10-9-18)13-5-3-12(4-6-13)20-21-17-19-15-8-7-14(23(24)25)11-16(15)26-17/h3-8,11H,2,9-10H2,1H3. The molecule has 134 valence electrons. The summed E-state index contributed by atoms with van der Waals surface area (Å²) in [5.41, 5.74) is 2.59. The third-order valence-electron chi connectivity index (χ3n) is 3.77. The molecular formula is C17H16BrN5O2S. The smallest absolute Gasteiger partial charge is 0.270 e. The minimum absolute atomic E-state index is 0.0455. The normalized spacial score (nSPS) is 11.3. The van der Waals surface area contributed by atoms with Gasteiger partial charge in [0.05, 0.1) is 20.8 Å². The Kier molecular flexibility index (Phi) is 5.89. The Labute approximate surface area is 162 Å². The lowest BCUT2D eigenvalue weighted by Gasteiger charge is -2.21. The zero-order valence-electron chi connectivity index (χ0n) is 14.0. The molecule has 2 aromatic carbocycles. The minimum atomic E-state index is -0.420. The fourth-order valence-corrected chi connectivity index (χ4v) is 3.71. The van der Waals surface area contributed by atoms with E-state index in [1.807, 2.05) is 24.3 Å². The van der Waals surface area contributed by atoms with Crippen molar-refractivity contribution in [3.05, 3.63) is 52.6 Å². The van der Waals surface area contributed by atoms with Crippen LogP contribution in [0.4, 0.5) is 22.2 Å². The van der Waals surface area contributed by atoms with Gasteiger partial charge in [-0.1, -0.05) is 27.3 Å². The highest BCUT2D eigenvalue weighted by atomic mass is 79.9. The number of alkyl halides is 1. The summed E-state index contributed by atoms with van der Waals surface area (Å²) in [5.74, 6) is 0. The molecule has 1 heterocycles. The van der Waals surface area contributed by atoms with Gasteiger partial charge >= 0.3 is 0 Å². The van der Waals surface area contributed by atoms with Gasteiger partial charge in [0.2, 0.25) is 5.13 Å². The zero-order chi connectivity index (χ0) is 18.5. The highest BCUT2D eigenvalue weighted by molar-refractivity contribution is 9.09. The van der Waals surface area contributed by atoms with E-state index in [4.69, 9.17) is 0 Å². The van der Waals surface area contributed by atoms with E-state index < -0.39 is 4.92 Å². The number of aromatic nitrogens is 1. The van der Waals surface area contributed by atoms with Crippen LogP contribution in [-0.4, -0.2) is 28.3 Å². The first-order valence-corrected chi connectivity index (χ1v) is 9.92. The number of hydrogen-bond donors (Lipinski definition) is 0. The Morgan fingerprint density at radius 1 is 1.23 bits per heavy atom. The van der Waals surface area contributed by atoms with Gasteiger partial charge < -0.3 is 4.90 Å².